The highest BCUT2D eigenvalue weighted by Gasteiger charge is 2.18. The maximum atomic E-state index is 11.2. The van der Waals surface area contributed by atoms with Gasteiger partial charge in [-0.1, -0.05) is 30.7 Å². The summed E-state index contributed by atoms with van der Waals surface area (Å²) < 4.78 is 16.8. The van der Waals surface area contributed by atoms with Crippen LogP contribution in [-0.2, 0) is 20.7 Å². The van der Waals surface area contributed by atoms with E-state index >= 15 is 0 Å². The van der Waals surface area contributed by atoms with Crippen LogP contribution in [0.5, 0.6) is 11.5 Å². The second-order valence-electron chi connectivity index (χ2n) is 8.51. The molecule has 1 heterocycles. The summed E-state index contributed by atoms with van der Waals surface area (Å²) in [6, 6.07) is 14.8. The van der Waals surface area contributed by atoms with Crippen LogP contribution in [0.25, 0.3) is 0 Å². The SMILES string of the molecule is CCOC(Cc1ccc(OCCN2CCOc3ccccc32)cc1)C(=O)O.NCCCC[C@H](N)C(=O)O. The highest BCUT2D eigenvalue weighted by atomic mass is 16.5. The van der Waals surface area contributed by atoms with E-state index in [2.05, 4.69) is 11.0 Å². The molecule has 6 N–H and O–H groups in total. The van der Waals surface area contributed by atoms with Gasteiger partial charge in [0.05, 0.1) is 18.8 Å². The molecule has 0 spiro atoms. The molecule has 37 heavy (non-hydrogen) atoms. The Hall–Kier alpha value is -3.34. The molecule has 2 atom stereocenters. The lowest BCUT2D eigenvalue weighted by Crippen LogP contribution is -2.35. The molecule has 10 nitrogen and oxygen atoms in total. The first-order valence-corrected chi connectivity index (χ1v) is 12.6. The zero-order chi connectivity index (χ0) is 27.0. The summed E-state index contributed by atoms with van der Waals surface area (Å²) in [6.45, 7) is 5.62. The normalized spacial score (nSPS) is 13.9. The van der Waals surface area contributed by atoms with E-state index in [1.807, 2.05) is 42.5 Å². The van der Waals surface area contributed by atoms with Gasteiger partial charge in [-0.3, -0.25) is 4.79 Å². The molecule has 0 aliphatic carbocycles. The second-order valence-corrected chi connectivity index (χ2v) is 8.51. The summed E-state index contributed by atoms with van der Waals surface area (Å²) in [4.78, 5) is 23.6. The number of nitrogens with two attached hydrogens (primary N) is 2. The smallest absolute Gasteiger partial charge is 0.333 e. The second kappa shape index (κ2) is 16.4. The van der Waals surface area contributed by atoms with Crippen molar-refractivity contribution in [3.63, 3.8) is 0 Å². The van der Waals surface area contributed by atoms with E-state index in [9.17, 15) is 9.59 Å². The number of aliphatic carboxylic acids is 2. The molecular weight excluding hydrogens is 478 g/mol. The zero-order valence-electron chi connectivity index (χ0n) is 21.4. The number of unbranched alkanes of at least 4 members (excludes halogenated alkanes) is 1. The first kappa shape index (κ1) is 29.9. The van der Waals surface area contributed by atoms with E-state index in [-0.39, 0.29) is 0 Å². The average Bonchev–Trinajstić information content (AvgIpc) is 2.90. The first-order chi connectivity index (χ1) is 17.8. The van der Waals surface area contributed by atoms with Gasteiger partial charge in [0.15, 0.2) is 6.10 Å². The van der Waals surface area contributed by atoms with Gasteiger partial charge in [0.25, 0.3) is 0 Å². The molecule has 0 amide bonds. The maximum Gasteiger partial charge on any atom is 0.333 e. The lowest BCUT2D eigenvalue weighted by atomic mass is 10.1. The summed E-state index contributed by atoms with van der Waals surface area (Å²) in [5.74, 6) is -0.195. The fourth-order valence-corrected chi connectivity index (χ4v) is 3.72. The van der Waals surface area contributed by atoms with Crippen molar-refractivity contribution in [2.24, 2.45) is 11.5 Å². The molecular formula is C27H39N3O7. The Kier molecular flexibility index (Phi) is 13.3. The van der Waals surface area contributed by atoms with Crippen molar-refractivity contribution >= 4 is 17.6 Å². The third-order valence-corrected chi connectivity index (χ3v) is 5.73. The van der Waals surface area contributed by atoms with Crippen LogP contribution in [0.1, 0.15) is 31.7 Å². The highest BCUT2D eigenvalue weighted by molar-refractivity contribution is 5.73. The van der Waals surface area contributed by atoms with Crippen molar-refractivity contribution in [3.05, 3.63) is 54.1 Å². The molecule has 0 aromatic heterocycles. The predicted molar refractivity (Wildman–Crippen MR) is 141 cm³/mol. The number of carbonyl (C=O) groups is 2. The van der Waals surface area contributed by atoms with Crippen LogP contribution in [-0.4, -0.2) is 73.8 Å². The molecule has 0 bridgehead atoms. The van der Waals surface area contributed by atoms with Gasteiger partial charge in [-0.25, -0.2) is 4.79 Å². The molecule has 1 aliphatic rings. The summed E-state index contributed by atoms with van der Waals surface area (Å²) in [5.41, 5.74) is 12.4. The largest absolute Gasteiger partial charge is 0.492 e. The molecule has 10 heteroatoms. The molecule has 2 aromatic carbocycles. The van der Waals surface area contributed by atoms with E-state index in [0.29, 0.717) is 39.2 Å². The Labute approximate surface area is 218 Å². The van der Waals surface area contributed by atoms with Crippen LogP contribution >= 0.6 is 0 Å². The lowest BCUT2D eigenvalue weighted by molar-refractivity contribution is -0.150. The van der Waals surface area contributed by atoms with Gasteiger partial charge in [0.1, 0.15) is 30.8 Å². The maximum absolute atomic E-state index is 11.2. The number of carboxylic acids is 2. The molecule has 0 fully saturated rings. The number of carboxylic acid groups (broad SMARTS) is 2. The average molecular weight is 518 g/mol. The van der Waals surface area contributed by atoms with Crippen molar-refractivity contribution in [2.45, 2.75) is 44.8 Å². The Morgan fingerprint density at radius 1 is 1.08 bits per heavy atom. The van der Waals surface area contributed by atoms with Crippen LogP contribution in [0.3, 0.4) is 0 Å². The van der Waals surface area contributed by atoms with Gasteiger partial charge in [-0.05, 0) is 56.1 Å². The summed E-state index contributed by atoms with van der Waals surface area (Å²) in [6.07, 6.45) is 1.69. The number of nitrogens with zero attached hydrogens (tertiary/aromatic N) is 1. The lowest BCUT2D eigenvalue weighted by Gasteiger charge is -2.31. The van der Waals surface area contributed by atoms with E-state index in [1.54, 1.807) is 6.92 Å². The number of rotatable bonds is 14. The Balaban J connectivity index is 0.000000410. The Bertz CT molecular complexity index is 955. The van der Waals surface area contributed by atoms with Gasteiger partial charge in [0, 0.05) is 13.0 Å². The number of para-hydroxylation sites is 2. The van der Waals surface area contributed by atoms with E-state index in [1.165, 1.54) is 0 Å². The first-order valence-electron chi connectivity index (χ1n) is 12.6. The molecule has 204 valence electrons. The number of ether oxygens (including phenoxy) is 3. The zero-order valence-corrected chi connectivity index (χ0v) is 21.4. The van der Waals surface area contributed by atoms with Crippen LogP contribution in [0.15, 0.2) is 48.5 Å². The van der Waals surface area contributed by atoms with Crippen LogP contribution in [0.4, 0.5) is 5.69 Å². The topological polar surface area (TPSA) is 158 Å². The quantitative estimate of drug-likeness (QED) is 0.274. The molecule has 0 saturated heterocycles. The van der Waals surface area contributed by atoms with Crippen molar-refractivity contribution in [2.75, 3.05) is 44.4 Å². The minimum Gasteiger partial charge on any atom is -0.492 e. The van der Waals surface area contributed by atoms with Crippen LogP contribution < -0.4 is 25.8 Å². The van der Waals surface area contributed by atoms with Crippen LogP contribution in [0.2, 0.25) is 0 Å². The monoisotopic (exact) mass is 517 g/mol. The van der Waals surface area contributed by atoms with Crippen molar-refractivity contribution in [1.82, 2.24) is 0 Å². The van der Waals surface area contributed by atoms with Crippen LogP contribution in [0, 0.1) is 0 Å². The highest BCUT2D eigenvalue weighted by Crippen LogP contribution is 2.30. The van der Waals surface area contributed by atoms with Gasteiger partial charge in [-0.15, -0.1) is 0 Å². The fraction of sp³-hybridized carbons (Fsp3) is 0.481. The predicted octanol–water partition coefficient (Wildman–Crippen LogP) is 2.52. The van der Waals surface area contributed by atoms with Gasteiger partial charge in [0.2, 0.25) is 0 Å². The Morgan fingerprint density at radius 3 is 2.46 bits per heavy atom. The third kappa shape index (κ3) is 10.7. The number of benzene rings is 2. The molecule has 1 aliphatic heterocycles. The summed E-state index contributed by atoms with van der Waals surface area (Å²) >= 11 is 0. The number of hydrogen-bond donors (Lipinski definition) is 4. The number of fused-ring (bicyclic) bond motifs is 1. The minimum atomic E-state index is -0.942. The minimum absolute atomic E-state index is 0.341. The van der Waals surface area contributed by atoms with E-state index in [4.69, 9.17) is 35.9 Å². The molecule has 0 saturated carbocycles. The van der Waals surface area contributed by atoms with E-state index < -0.39 is 24.1 Å². The molecule has 3 rings (SSSR count). The van der Waals surface area contributed by atoms with Crippen molar-refractivity contribution in [3.8, 4) is 11.5 Å². The molecule has 2 aromatic rings. The van der Waals surface area contributed by atoms with E-state index in [0.717, 1.165) is 48.7 Å². The number of anilines is 1. The third-order valence-electron chi connectivity index (χ3n) is 5.73. The van der Waals surface area contributed by atoms with Crippen molar-refractivity contribution < 1.29 is 34.0 Å². The van der Waals surface area contributed by atoms with Crippen molar-refractivity contribution in [1.29, 1.82) is 0 Å². The Morgan fingerprint density at radius 2 is 1.81 bits per heavy atom. The molecule has 0 radical (unpaired) electrons. The fourth-order valence-electron chi connectivity index (χ4n) is 3.72. The van der Waals surface area contributed by atoms with Gasteiger partial charge < -0.3 is 40.8 Å². The molecule has 1 unspecified atom stereocenters. The van der Waals surface area contributed by atoms with Gasteiger partial charge >= 0.3 is 11.9 Å². The number of hydrogen-bond acceptors (Lipinski definition) is 8. The van der Waals surface area contributed by atoms with Gasteiger partial charge in [-0.2, -0.15) is 0 Å². The summed E-state index contributed by atoms with van der Waals surface area (Å²) in [5, 5.41) is 17.5. The summed E-state index contributed by atoms with van der Waals surface area (Å²) in [7, 11) is 0. The standard InChI is InChI=1S/C21H25NO5.C6H14N2O2/c1-2-25-20(21(23)24)15-16-7-9-17(10-8-16)26-13-11-22-12-14-27-19-6-4-3-5-18(19)22;7-4-2-1-3-5(8)6(9)10/h3-10,20H,2,11-15H2,1H3,(H,23,24);5H,1-4,7-8H2,(H,9,10)/t;5-/m.0/s1.